The lowest BCUT2D eigenvalue weighted by Gasteiger charge is -1.94. The van der Waals surface area contributed by atoms with Crippen LogP contribution in [0, 0.1) is 0 Å². The third-order valence-electron chi connectivity index (χ3n) is 0.771. The Hall–Kier alpha value is -1.03. The van der Waals surface area contributed by atoms with Crippen LogP contribution in [0.2, 0.25) is 5.15 Å². The van der Waals surface area contributed by atoms with E-state index in [4.69, 9.17) is 23.1 Å². The molecular weight excluding hydrogens is 140 g/mol. The van der Waals surface area contributed by atoms with Crippen LogP contribution in [0.15, 0.2) is 6.20 Å². The van der Waals surface area contributed by atoms with Gasteiger partial charge in [-0.3, -0.25) is 0 Å². The van der Waals surface area contributed by atoms with E-state index in [9.17, 15) is 0 Å². The van der Waals surface area contributed by atoms with Crippen LogP contribution >= 0.6 is 11.6 Å². The molecular formula is C4H5ClN4. The summed E-state index contributed by atoms with van der Waals surface area (Å²) >= 11 is 5.43. The monoisotopic (exact) mass is 144 g/mol. The fraction of sp³-hybridized carbons (Fsp3) is 0. The Labute approximate surface area is 56.9 Å². The van der Waals surface area contributed by atoms with Gasteiger partial charge in [-0.2, -0.15) is 0 Å². The Morgan fingerprint density at radius 2 is 2.11 bits per heavy atom. The second-order valence-corrected chi connectivity index (χ2v) is 1.83. The summed E-state index contributed by atoms with van der Waals surface area (Å²) in [4.78, 5) is 7.27. The lowest BCUT2D eigenvalue weighted by Crippen LogP contribution is -1.97. The molecule has 0 saturated carbocycles. The summed E-state index contributed by atoms with van der Waals surface area (Å²) < 4.78 is 0. The van der Waals surface area contributed by atoms with Crippen molar-refractivity contribution in [3.8, 4) is 0 Å². The highest BCUT2D eigenvalue weighted by Crippen LogP contribution is 2.11. The minimum Gasteiger partial charge on any atom is -0.382 e. The van der Waals surface area contributed by atoms with Gasteiger partial charge in [-0.05, 0) is 0 Å². The smallest absolute Gasteiger partial charge is 0.171 e. The van der Waals surface area contributed by atoms with Gasteiger partial charge in [0.1, 0.15) is 5.82 Å². The topological polar surface area (TPSA) is 77.8 Å². The van der Waals surface area contributed by atoms with E-state index in [-0.39, 0.29) is 16.8 Å². The van der Waals surface area contributed by atoms with Gasteiger partial charge in [0.2, 0.25) is 0 Å². The SMILES string of the molecule is Nc1cnc(Cl)c(N)n1. The summed E-state index contributed by atoms with van der Waals surface area (Å²) in [6.07, 6.45) is 1.35. The summed E-state index contributed by atoms with van der Waals surface area (Å²) in [5.74, 6) is 0.438. The van der Waals surface area contributed by atoms with Gasteiger partial charge in [0, 0.05) is 0 Å². The van der Waals surface area contributed by atoms with Crippen LogP contribution in [-0.2, 0) is 0 Å². The summed E-state index contributed by atoms with van der Waals surface area (Å²) in [7, 11) is 0. The maximum absolute atomic E-state index is 5.43. The minimum atomic E-state index is 0.164. The van der Waals surface area contributed by atoms with E-state index in [1.807, 2.05) is 0 Å². The average molecular weight is 145 g/mol. The minimum absolute atomic E-state index is 0.164. The van der Waals surface area contributed by atoms with E-state index in [1.54, 1.807) is 0 Å². The maximum Gasteiger partial charge on any atom is 0.171 e. The number of hydrogen-bond donors (Lipinski definition) is 2. The van der Waals surface area contributed by atoms with Crippen molar-refractivity contribution in [3.05, 3.63) is 11.3 Å². The molecule has 4 N–H and O–H groups in total. The molecule has 0 spiro atoms. The third kappa shape index (κ3) is 1.20. The Balaban J connectivity index is 3.17. The summed E-state index contributed by atoms with van der Waals surface area (Å²) in [6.45, 7) is 0. The van der Waals surface area contributed by atoms with E-state index < -0.39 is 0 Å². The summed E-state index contributed by atoms with van der Waals surface area (Å²) in [6, 6.07) is 0. The van der Waals surface area contributed by atoms with Crippen LogP contribution < -0.4 is 11.5 Å². The molecule has 0 fully saturated rings. The standard InChI is InChI=1S/C4H5ClN4/c5-3-4(7)9-2(6)1-8-3/h1H,(H4,6,7,9). The molecule has 0 saturated heterocycles. The molecule has 1 rings (SSSR count). The molecule has 9 heavy (non-hydrogen) atoms. The third-order valence-corrected chi connectivity index (χ3v) is 1.06. The fourth-order valence-corrected chi connectivity index (χ4v) is 0.494. The Morgan fingerprint density at radius 1 is 1.44 bits per heavy atom. The van der Waals surface area contributed by atoms with Gasteiger partial charge in [-0.1, -0.05) is 11.6 Å². The first-order valence-electron chi connectivity index (χ1n) is 2.23. The van der Waals surface area contributed by atoms with Gasteiger partial charge in [-0.15, -0.1) is 0 Å². The molecule has 0 unspecified atom stereocenters. The van der Waals surface area contributed by atoms with E-state index in [1.165, 1.54) is 6.20 Å². The molecule has 0 radical (unpaired) electrons. The van der Waals surface area contributed by atoms with Crippen LogP contribution in [-0.4, -0.2) is 9.97 Å². The molecule has 1 heterocycles. The van der Waals surface area contributed by atoms with Crippen molar-refractivity contribution >= 4 is 23.2 Å². The molecule has 0 atom stereocenters. The molecule has 5 heteroatoms. The molecule has 1 aromatic heterocycles. The first-order chi connectivity index (χ1) is 4.20. The number of rotatable bonds is 0. The highest BCUT2D eigenvalue weighted by molar-refractivity contribution is 6.31. The van der Waals surface area contributed by atoms with E-state index in [0.29, 0.717) is 0 Å². The van der Waals surface area contributed by atoms with Gasteiger partial charge in [-0.25, -0.2) is 9.97 Å². The van der Waals surface area contributed by atoms with Crippen molar-refractivity contribution in [2.24, 2.45) is 0 Å². The molecule has 0 aliphatic rings. The van der Waals surface area contributed by atoms with E-state index >= 15 is 0 Å². The molecule has 0 aromatic carbocycles. The molecule has 4 nitrogen and oxygen atoms in total. The van der Waals surface area contributed by atoms with Crippen LogP contribution in [0.3, 0.4) is 0 Å². The first kappa shape index (κ1) is 6.10. The van der Waals surface area contributed by atoms with Crippen LogP contribution in [0.1, 0.15) is 0 Å². The quantitative estimate of drug-likeness (QED) is 0.549. The molecule has 0 aliphatic carbocycles. The number of anilines is 2. The van der Waals surface area contributed by atoms with Crippen molar-refractivity contribution < 1.29 is 0 Å². The van der Waals surface area contributed by atoms with Gasteiger partial charge in [0.05, 0.1) is 6.20 Å². The van der Waals surface area contributed by atoms with Crippen LogP contribution in [0.5, 0.6) is 0 Å². The average Bonchev–Trinajstić information content (AvgIpc) is 1.80. The number of nitrogens with zero attached hydrogens (tertiary/aromatic N) is 2. The molecule has 0 aliphatic heterocycles. The first-order valence-corrected chi connectivity index (χ1v) is 2.61. The molecule has 1 aromatic rings. The molecule has 48 valence electrons. The Morgan fingerprint density at radius 3 is 2.56 bits per heavy atom. The van der Waals surface area contributed by atoms with Gasteiger partial charge >= 0.3 is 0 Å². The predicted octanol–water partition coefficient (Wildman–Crippen LogP) is 0.294. The number of nitrogen functional groups attached to an aromatic ring is 2. The van der Waals surface area contributed by atoms with E-state index in [0.717, 1.165) is 0 Å². The van der Waals surface area contributed by atoms with Gasteiger partial charge in [0.25, 0.3) is 0 Å². The highest BCUT2D eigenvalue weighted by atomic mass is 35.5. The second-order valence-electron chi connectivity index (χ2n) is 1.47. The van der Waals surface area contributed by atoms with Crippen molar-refractivity contribution in [2.75, 3.05) is 11.5 Å². The number of nitrogens with two attached hydrogens (primary N) is 2. The van der Waals surface area contributed by atoms with Crippen molar-refractivity contribution in [1.82, 2.24) is 9.97 Å². The molecule has 0 bridgehead atoms. The maximum atomic E-state index is 5.43. The zero-order valence-corrected chi connectivity index (χ0v) is 5.26. The number of aromatic nitrogens is 2. The normalized spacial score (nSPS) is 9.44. The van der Waals surface area contributed by atoms with Crippen molar-refractivity contribution in [1.29, 1.82) is 0 Å². The Bertz CT molecular complexity index is 224. The van der Waals surface area contributed by atoms with Gasteiger partial charge < -0.3 is 11.5 Å². The number of halogens is 1. The molecule has 0 amide bonds. The van der Waals surface area contributed by atoms with Crippen LogP contribution in [0.4, 0.5) is 11.6 Å². The lowest BCUT2D eigenvalue weighted by atomic mass is 10.6. The largest absolute Gasteiger partial charge is 0.382 e. The zero-order valence-electron chi connectivity index (χ0n) is 4.50. The van der Waals surface area contributed by atoms with Crippen molar-refractivity contribution in [3.63, 3.8) is 0 Å². The number of hydrogen-bond acceptors (Lipinski definition) is 4. The fourth-order valence-electron chi connectivity index (χ4n) is 0.403. The highest BCUT2D eigenvalue weighted by Gasteiger charge is 1.96. The Kier molecular flexibility index (Phi) is 1.40. The van der Waals surface area contributed by atoms with E-state index in [2.05, 4.69) is 9.97 Å². The summed E-state index contributed by atoms with van der Waals surface area (Å²) in [5.41, 5.74) is 10.5. The van der Waals surface area contributed by atoms with Crippen molar-refractivity contribution in [2.45, 2.75) is 0 Å². The van der Waals surface area contributed by atoms with Crippen LogP contribution in [0.25, 0.3) is 0 Å². The lowest BCUT2D eigenvalue weighted by molar-refractivity contribution is 1.22. The predicted molar refractivity (Wildman–Crippen MR) is 35.9 cm³/mol. The van der Waals surface area contributed by atoms with Gasteiger partial charge in [0.15, 0.2) is 11.0 Å². The summed E-state index contributed by atoms with van der Waals surface area (Å²) in [5, 5.41) is 0.184. The second kappa shape index (κ2) is 2.06. The zero-order chi connectivity index (χ0) is 6.85.